The molecule has 196 valence electrons. The van der Waals surface area contributed by atoms with Crippen LogP contribution in [0.1, 0.15) is 31.2 Å². The summed E-state index contributed by atoms with van der Waals surface area (Å²) < 4.78 is 15.7. The highest BCUT2D eigenvalue weighted by atomic mass is 16.6. The molecule has 3 aromatic rings. The minimum atomic E-state index is -0.604. The van der Waals surface area contributed by atoms with E-state index in [1.54, 1.807) is 24.8 Å². The van der Waals surface area contributed by atoms with Gasteiger partial charge < -0.3 is 24.8 Å². The first kappa shape index (κ1) is 25.0. The summed E-state index contributed by atoms with van der Waals surface area (Å²) in [5.74, 6) is 1.09. The summed E-state index contributed by atoms with van der Waals surface area (Å²) >= 11 is 0. The topological polar surface area (TPSA) is 182 Å². The van der Waals surface area contributed by atoms with Gasteiger partial charge in [0.2, 0.25) is 11.9 Å². The van der Waals surface area contributed by atoms with Crippen molar-refractivity contribution in [2.24, 2.45) is 0 Å². The number of amides is 1. The van der Waals surface area contributed by atoms with Gasteiger partial charge in [0.05, 0.1) is 32.6 Å². The molecule has 1 saturated heterocycles. The highest BCUT2D eigenvalue weighted by molar-refractivity contribution is 5.82. The lowest BCUT2D eigenvalue weighted by Gasteiger charge is -2.29. The molecule has 0 radical (unpaired) electrons. The molecule has 38 heavy (non-hydrogen) atoms. The van der Waals surface area contributed by atoms with Gasteiger partial charge >= 0.3 is 12.1 Å². The van der Waals surface area contributed by atoms with Gasteiger partial charge in [0.1, 0.15) is 23.6 Å². The highest BCUT2D eigenvalue weighted by Crippen LogP contribution is 2.25. The molecule has 2 fully saturated rings. The number of aromatic nitrogens is 6. The fraction of sp³-hybridized carbons (Fsp3) is 0.417. The van der Waals surface area contributed by atoms with Crippen molar-refractivity contribution in [2.45, 2.75) is 43.9 Å². The number of nitrogens with zero attached hydrogens (tertiary/aromatic N) is 7. The lowest BCUT2D eigenvalue weighted by atomic mass is 9.93. The molecule has 1 aliphatic heterocycles. The van der Waals surface area contributed by atoms with Crippen LogP contribution in [0, 0.1) is 11.3 Å². The van der Waals surface area contributed by atoms with Gasteiger partial charge in [0.25, 0.3) is 0 Å². The average molecular weight is 519 g/mol. The standard InChI is InChI=1S/C24H26N10O4/c1-36-23-29-10-16(11-30-23)15-8-26-21(27-9-15)34-24(35)38-19-4-2-17(3-5-19)32-22-28-7-14(6-25)20(33-22)31-18-12-37-13-18/h7-11,17-19H,2-5,12-13H2,1H3,(H,26,27,34,35)(H2,28,31,32,33). The molecule has 5 rings (SSSR count). The van der Waals surface area contributed by atoms with E-state index in [9.17, 15) is 10.1 Å². The summed E-state index contributed by atoms with van der Waals surface area (Å²) in [7, 11) is 1.49. The number of nitrogens with one attached hydrogen (secondary N) is 3. The van der Waals surface area contributed by atoms with Crippen molar-refractivity contribution in [2.75, 3.05) is 36.3 Å². The summed E-state index contributed by atoms with van der Waals surface area (Å²) in [4.78, 5) is 37.6. The molecular weight excluding hydrogens is 492 g/mol. The van der Waals surface area contributed by atoms with E-state index < -0.39 is 6.09 Å². The molecule has 4 heterocycles. The second kappa shape index (κ2) is 11.6. The Morgan fingerprint density at radius 2 is 1.58 bits per heavy atom. The number of nitriles is 1. The number of ether oxygens (including phenoxy) is 3. The fourth-order valence-electron chi connectivity index (χ4n) is 4.05. The lowest BCUT2D eigenvalue weighted by molar-refractivity contribution is 0.0209. The van der Waals surface area contributed by atoms with Crippen molar-refractivity contribution < 1.29 is 19.0 Å². The van der Waals surface area contributed by atoms with Crippen LogP contribution in [0.25, 0.3) is 11.1 Å². The molecule has 0 spiro atoms. The van der Waals surface area contributed by atoms with Crippen LogP contribution in [0.4, 0.5) is 22.5 Å². The summed E-state index contributed by atoms with van der Waals surface area (Å²) in [6.45, 7) is 1.18. The first-order valence-electron chi connectivity index (χ1n) is 12.1. The molecule has 2 aliphatic rings. The predicted molar refractivity (Wildman–Crippen MR) is 134 cm³/mol. The molecule has 0 atom stereocenters. The van der Waals surface area contributed by atoms with E-state index in [0.717, 1.165) is 18.4 Å². The minimum absolute atomic E-state index is 0.128. The number of carbonyl (C=O) groups excluding carboxylic acids is 1. The minimum Gasteiger partial charge on any atom is -0.467 e. The average Bonchev–Trinajstić information content (AvgIpc) is 2.92. The van der Waals surface area contributed by atoms with E-state index in [1.807, 2.05) is 0 Å². The second-order valence-electron chi connectivity index (χ2n) is 8.85. The molecule has 1 saturated carbocycles. The molecule has 14 heteroatoms. The summed E-state index contributed by atoms with van der Waals surface area (Å²) in [6, 6.07) is 2.65. The van der Waals surface area contributed by atoms with Crippen molar-refractivity contribution in [1.29, 1.82) is 5.26 Å². The molecule has 0 aromatic carbocycles. The first-order chi connectivity index (χ1) is 18.6. The zero-order valence-electron chi connectivity index (χ0n) is 20.6. The Balaban J connectivity index is 1.08. The van der Waals surface area contributed by atoms with Crippen LogP contribution < -0.4 is 20.7 Å². The van der Waals surface area contributed by atoms with Gasteiger partial charge in [-0.3, -0.25) is 5.32 Å². The van der Waals surface area contributed by atoms with E-state index >= 15 is 0 Å². The normalized spacial score (nSPS) is 18.9. The fourth-order valence-corrected chi connectivity index (χ4v) is 4.05. The van der Waals surface area contributed by atoms with Crippen molar-refractivity contribution >= 4 is 23.8 Å². The Bertz CT molecular complexity index is 1290. The number of anilines is 3. The molecule has 1 amide bonds. The van der Waals surface area contributed by atoms with Crippen LogP contribution >= 0.6 is 0 Å². The Kier molecular flexibility index (Phi) is 7.65. The van der Waals surface area contributed by atoms with Crippen LogP contribution in [0.3, 0.4) is 0 Å². The number of hydrogen-bond donors (Lipinski definition) is 3. The Morgan fingerprint density at radius 1 is 0.921 bits per heavy atom. The van der Waals surface area contributed by atoms with Gasteiger partial charge in [-0.2, -0.15) is 10.2 Å². The van der Waals surface area contributed by atoms with Gasteiger partial charge in [-0.15, -0.1) is 0 Å². The summed E-state index contributed by atoms with van der Waals surface area (Å²) in [6.07, 6.45) is 9.94. The Hall–Kier alpha value is -4.64. The maximum atomic E-state index is 12.4. The Morgan fingerprint density at radius 3 is 2.18 bits per heavy atom. The second-order valence-corrected chi connectivity index (χ2v) is 8.85. The monoisotopic (exact) mass is 518 g/mol. The zero-order valence-corrected chi connectivity index (χ0v) is 20.6. The molecule has 0 unspecified atom stereocenters. The molecule has 3 aromatic heterocycles. The molecule has 3 N–H and O–H groups in total. The summed E-state index contributed by atoms with van der Waals surface area (Å²) in [5, 5.41) is 18.4. The van der Waals surface area contributed by atoms with Crippen LogP contribution in [-0.4, -0.2) is 74.5 Å². The predicted octanol–water partition coefficient (Wildman–Crippen LogP) is 2.39. The van der Waals surface area contributed by atoms with E-state index in [-0.39, 0.29) is 30.1 Å². The van der Waals surface area contributed by atoms with Crippen LogP contribution in [0.5, 0.6) is 6.01 Å². The van der Waals surface area contributed by atoms with E-state index in [0.29, 0.717) is 48.9 Å². The lowest BCUT2D eigenvalue weighted by Crippen LogP contribution is -2.40. The smallest absolute Gasteiger partial charge is 0.414 e. The molecular formula is C24H26N10O4. The third-order valence-corrected chi connectivity index (χ3v) is 6.18. The number of rotatable bonds is 8. The van der Waals surface area contributed by atoms with Crippen molar-refractivity contribution in [1.82, 2.24) is 29.9 Å². The van der Waals surface area contributed by atoms with E-state index in [4.69, 9.17) is 14.2 Å². The molecule has 14 nitrogen and oxygen atoms in total. The third kappa shape index (κ3) is 6.19. The van der Waals surface area contributed by atoms with Gasteiger partial charge in [-0.05, 0) is 25.7 Å². The van der Waals surface area contributed by atoms with Crippen molar-refractivity contribution in [3.8, 4) is 23.2 Å². The van der Waals surface area contributed by atoms with Crippen molar-refractivity contribution in [3.63, 3.8) is 0 Å². The summed E-state index contributed by atoms with van der Waals surface area (Å²) in [5.41, 5.74) is 1.81. The maximum Gasteiger partial charge on any atom is 0.414 e. The number of carbonyl (C=O) groups is 1. The molecule has 1 aliphatic carbocycles. The Labute approximate surface area is 218 Å². The number of hydrogen-bond acceptors (Lipinski definition) is 13. The SMILES string of the molecule is COc1ncc(-c2cnc(NC(=O)OC3CCC(Nc4ncc(C#N)c(NC5COC5)n4)CC3)nc2)cn1. The van der Waals surface area contributed by atoms with E-state index in [1.165, 1.54) is 13.3 Å². The first-order valence-corrected chi connectivity index (χ1v) is 12.1. The highest BCUT2D eigenvalue weighted by Gasteiger charge is 2.25. The maximum absolute atomic E-state index is 12.4. The van der Waals surface area contributed by atoms with Gasteiger partial charge in [-0.25, -0.2) is 29.7 Å². The van der Waals surface area contributed by atoms with Gasteiger partial charge in [0, 0.05) is 42.0 Å². The van der Waals surface area contributed by atoms with Crippen LogP contribution in [-0.2, 0) is 9.47 Å². The zero-order chi connectivity index (χ0) is 26.3. The van der Waals surface area contributed by atoms with E-state index in [2.05, 4.69) is 51.9 Å². The largest absolute Gasteiger partial charge is 0.467 e. The van der Waals surface area contributed by atoms with Crippen LogP contribution in [0.15, 0.2) is 31.0 Å². The quantitative estimate of drug-likeness (QED) is 0.395. The van der Waals surface area contributed by atoms with Gasteiger partial charge in [0.15, 0.2) is 0 Å². The molecule has 0 bridgehead atoms. The number of methoxy groups -OCH3 is 1. The third-order valence-electron chi connectivity index (χ3n) is 6.18. The van der Waals surface area contributed by atoms with Crippen molar-refractivity contribution in [3.05, 3.63) is 36.5 Å². The van der Waals surface area contributed by atoms with Crippen LogP contribution in [0.2, 0.25) is 0 Å². The van der Waals surface area contributed by atoms with Gasteiger partial charge in [-0.1, -0.05) is 0 Å².